The van der Waals surface area contributed by atoms with Gasteiger partial charge in [0.1, 0.15) is 16.9 Å². The van der Waals surface area contributed by atoms with Crippen LogP contribution in [0, 0.1) is 5.82 Å². The average Bonchev–Trinajstić information content (AvgIpc) is 3.53. The molecule has 0 saturated carbocycles. The molecular formula is C25H20FN5O4S. The van der Waals surface area contributed by atoms with E-state index in [1.54, 1.807) is 18.2 Å². The van der Waals surface area contributed by atoms with Crippen molar-refractivity contribution in [3.63, 3.8) is 0 Å². The Morgan fingerprint density at radius 1 is 0.944 bits per heavy atom. The highest BCUT2D eigenvalue weighted by atomic mass is 32.1. The predicted molar refractivity (Wildman–Crippen MR) is 133 cm³/mol. The first-order valence-electron chi connectivity index (χ1n) is 10.9. The van der Waals surface area contributed by atoms with Crippen LogP contribution in [0.5, 0.6) is 11.5 Å². The van der Waals surface area contributed by atoms with Crippen molar-refractivity contribution in [3.8, 4) is 22.1 Å². The van der Waals surface area contributed by atoms with E-state index in [1.807, 2.05) is 36.4 Å². The fraction of sp³-hybridized carbons (Fsp3) is 0.120. The van der Waals surface area contributed by atoms with E-state index in [-0.39, 0.29) is 24.0 Å². The Labute approximate surface area is 209 Å². The highest BCUT2D eigenvalue weighted by Gasteiger charge is 2.23. The van der Waals surface area contributed by atoms with E-state index in [1.165, 1.54) is 29.5 Å². The minimum absolute atomic E-state index is 0.165. The number of aromatic nitrogens is 2. The topological polar surface area (TPSA) is 114 Å². The van der Waals surface area contributed by atoms with Gasteiger partial charge in [-0.15, -0.1) is 10.2 Å². The monoisotopic (exact) mass is 505 g/mol. The van der Waals surface area contributed by atoms with Crippen molar-refractivity contribution in [2.75, 3.05) is 17.4 Å². The van der Waals surface area contributed by atoms with Crippen LogP contribution in [-0.2, 0) is 11.2 Å². The van der Waals surface area contributed by atoms with Crippen LogP contribution in [0.25, 0.3) is 10.6 Å². The Hall–Kier alpha value is -4.51. The van der Waals surface area contributed by atoms with Gasteiger partial charge in [0.05, 0.1) is 0 Å². The summed E-state index contributed by atoms with van der Waals surface area (Å²) in [5, 5.41) is 17.0. The van der Waals surface area contributed by atoms with E-state index in [0.29, 0.717) is 16.5 Å². The predicted octanol–water partition coefficient (Wildman–Crippen LogP) is 4.44. The molecule has 0 aliphatic carbocycles. The number of halogens is 1. The Morgan fingerprint density at radius 2 is 1.78 bits per heavy atom. The normalized spacial score (nSPS) is 12.6. The lowest BCUT2D eigenvalue weighted by Crippen LogP contribution is -2.46. The van der Waals surface area contributed by atoms with Crippen LogP contribution in [-0.4, -0.2) is 35.0 Å². The largest absolute Gasteiger partial charge is 0.454 e. The first-order valence-corrected chi connectivity index (χ1v) is 11.8. The maximum atomic E-state index is 13.5. The van der Waals surface area contributed by atoms with E-state index in [4.69, 9.17) is 9.47 Å². The minimum Gasteiger partial charge on any atom is -0.454 e. The van der Waals surface area contributed by atoms with Crippen LogP contribution in [0.4, 0.5) is 20.0 Å². The molecule has 0 fully saturated rings. The first-order chi connectivity index (χ1) is 17.5. The number of carbonyl (C=O) groups is 2. The lowest BCUT2D eigenvalue weighted by Gasteiger charge is -2.18. The third kappa shape index (κ3) is 5.58. The number of fused-ring (bicyclic) bond motifs is 1. The van der Waals surface area contributed by atoms with Crippen LogP contribution in [0.15, 0.2) is 72.8 Å². The smallest absolute Gasteiger partial charge is 0.319 e. The quantitative estimate of drug-likeness (QED) is 0.342. The number of anilines is 2. The second-order valence-corrected chi connectivity index (χ2v) is 8.80. The van der Waals surface area contributed by atoms with Crippen molar-refractivity contribution in [1.82, 2.24) is 15.5 Å². The van der Waals surface area contributed by atoms with Gasteiger partial charge in [-0.25, -0.2) is 9.18 Å². The lowest BCUT2D eigenvalue weighted by atomic mass is 10.1. The maximum absolute atomic E-state index is 13.5. The van der Waals surface area contributed by atoms with E-state index in [0.717, 1.165) is 11.1 Å². The van der Waals surface area contributed by atoms with Crippen LogP contribution >= 0.6 is 11.3 Å². The molecule has 2 heterocycles. The number of hydrogen-bond acceptors (Lipinski definition) is 7. The first kappa shape index (κ1) is 23.2. The molecular weight excluding hydrogens is 485 g/mol. The minimum atomic E-state index is -0.932. The standard InChI is InChI=1S/C25H20FN5O4S/c26-17-7-4-8-18(13-17)27-24(33)28-19(11-15-5-2-1-3-6-15)22(32)29-25-31-30-23(36-25)16-9-10-20-21(12-16)35-14-34-20/h1-10,12-13,19H,11,14H2,(H2,27,28,33)(H,29,31,32). The van der Waals surface area contributed by atoms with E-state index in [2.05, 4.69) is 26.1 Å². The number of urea groups is 1. The molecule has 11 heteroatoms. The molecule has 4 aromatic rings. The summed E-state index contributed by atoms with van der Waals surface area (Å²) in [6.07, 6.45) is 0.233. The van der Waals surface area contributed by atoms with Crippen molar-refractivity contribution in [1.29, 1.82) is 0 Å². The third-order valence-corrected chi connectivity index (χ3v) is 6.15. The molecule has 3 amide bonds. The molecule has 0 bridgehead atoms. The van der Waals surface area contributed by atoms with Gasteiger partial charge in [0.15, 0.2) is 11.5 Å². The summed E-state index contributed by atoms with van der Waals surface area (Å²) in [6, 6.07) is 18.6. The molecule has 1 aliphatic heterocycles. The molecule has 1 atom stereocenters. The number of rotatable bonds is 7. The number of nitrogens with zero attached hydrogens (tertiary/aromatic N) is 2. The molecule has 1 aromatic heterocycles. The molecule has 3 aromatic carbocycles. The van der Waals surface area contributed by atoms with E-state index >= 15 is 0 Å². The van der Waals surface area contributed by atoms with Crippen LogP contribution in [0.3, 0.4) is 0 Å². The molecule has 0 spiro atoms. The van der Waals surface area contributed by atoms with Crippen molar-refractivity contribution in [2.24, 2.45) is 0 Å². The Kier molecular flexibility index (Phi) is 6.72. The zero-order valence-corrected chi connectivity index (χ0v) is 19.5. The zero-order valence-electron chi connectivity index (χ0n) is 18.7. The molecule has 3 N–H and O–H groups in total. The third-order valence-electron chi connectivity index (χ3n) is 5.26. The lowest BCUT2D eigenvalue weighted by molar-refractivity contribution is -0.117. The Morgan fingerprint density at radius 3 is 2.61 bits per heavy atom. The van der Waals surface area contributed by atoms with Gasteiger partial charge in [0, 0.05) is 17.7 Å². The Balaban J connectivity index is 1.29. The SMILES string of the molecule is O=C(Nc1cccc(F)c1)NC(Cc1ccccc1)C(=O)Nc1nnc(-c2ccc3c(c2)OCO3)s1. The molecule has 182 valence electrons. The van der Waals surface area contributed by atoms with Crippen LogP contribution < -0.4 is 25.4 Å². The summed E-state index contributed by atoms with van der Waals surface area (Å²) in [5.41, 5.74) is 1.89. The van der Waals surface area contributed by atoms with Gasteiger partial charge in [-0.1, -0.05) is 47.7 Å². The van der Waals surface area contributed by atoms with Gasteiger partial charge in [0.25, 0.3) is 0 Å². The van der Waals surface area contributed by atoms with Crippen molar-refractivity contribution >= 4 is 34.1 Å². The number of nitrogens with one attached hydrogen (secondary N) is 3. The summed E-state index contributed by atoms with van der Waals surface area (Å²) in [6.45, 7) is 0.165. The summed E-state index contributed by atoms with van der Waals surface area (Å²) >= 11 is 1.19. The number of ether oxygens (including phenoxy) is 2. The molecule has 1 aliphatic rings. The van der Waals surface area contributed by atoms with Gasteiger partial charge in [0.2, 0.25) is 17.8 Å². The van der Waals surface area contributed by atoms with Gasteiger partial charge < -0.3 is 20.1 Å². The van der Waals surface area contributed by atoms with Gasteiger partial charge >= 0.3 is 6.03 Å². The molecule has 5 rings (SSSR count). The molecule has 9 nitrogen and oxygen atoms in total. The summed E-state index contributed by atoms with van der Waals surface area (Å²) in [4.78, 5) is 25.7. The number of carbonyl (C=O) groups excluding carboxylic acids is 2. The molecule has 1 unspecified atom stereocenters. The van der Waals surface area contributed by atoms with Gasteiger partial charge in [-0.2, -0.15) is 0 Å². The number of benzene rings is 3. The highest BCUT2D eigenvalue weighted by molar-refractivity contribution is 7.18. The van der Waals surface area contributed by atoms with Crippen molar-refractivity contribution in [3.05, 3.63) is 84.2 Å². The Bertz CT molecular complexity index is 1400. The second-order valence-electron chi connectivity index (χ2n) is 7.82. The number of amides is 3. The average molecular weight is 506 g/mol. The number of hydrogen-bond donors (Lipinski definition) is 3. The molecule has 0 radical (unpaired) electrons. The maximum Gasteiger partial charge on any atom is 0.319 e. The summed E-state index contributed by atoms with van der Waals surface area (Å²) < 4.78 is 24.2. The highest BCUT2D eigenvalue weighted by Crippen LogP contribution is 2.37. The van der Waals surface area contributed by atoms with Crippen LogP contribution in [0.2, 0.25) is 0 Å². The van der Waals surface area contributed by atoms with Crippen molar-refractivity contribution < 1.29 is 23.5 Å². The van der Waals surface area contributed by atoms with Gasteiger partial charge in [-0.05, 0) is 42.0 Å². The second kappa shape index (κ2) is 10.4. The summed E-state index contributed by atoms with van der Waals surface area (Å²) in [7, 11) is 0. The van der Waals surface area contributed by atoms with Crippen LogP contribution in [0.1, 0.15) is 5.56 Å². The van der Waals surface area contributed by atoms with Gasteiger partial charge in [-0.3, -0.25) is 10.1 Å². The zero-order chi connectivity index (χ0) is 24.9. The fourth-order valence-corrected chi connectivity index (χ4v) is 4.31. The van der Waals surface area contributed by atoms with E-state index < -0.39 is 23.8 Å². The fourth-order valence-electron chi connectivity index (χ4n) is 3.56. The van der Waals surface area contributed by atoms with Crippen molar-refractivity contribution in [2.45, 2.75) is 12.5 Å². The van der Waals surface area contributed by atoms with E-state index in [9.17, 15) is 14.0 Å². The summed E-state index contributed by atoms with van der Waals surface area (Å²) in [5.74, 6) is 0.315. The molecule has 0 saturated heterocycles. The molecule has 36 heavy (non-hydrogen) atoms.